The Bertz CT molecular complexity index is 71.5. The van der Waals surface area contributed by atoms with Crippen LogP contribution in [0.3, 0.4) is 0 Å². The Morgan fingerprint density at radius 3 is 2.56 bits per heavy atom. The van der Waals surface area contributed by atoms with Crippen LogP contribution in [0.15, 0.2) is 0 Å². The fraction of sp³-hybridized carbons (Fsp3) is 0.833. The minimum absolute atomic E-state index is 0.167. The predicted octanol–water partition coefficient (Wildman–Crippen LogP) is 0.792. The number of hydrogen-bond acceptors (Lipinski definition) is 2. The van der Waals surface area contributed by atoms with E-state index in [2.05, 4.69) is 16.9 Å². The molecule has 0 aromatic rings. The zero-order valence-corrected chi connectivity index (χ0v) is 6.32. The largest absolute Gasteiger partial charge is 0.308 e. The molecule has 1 aliphatic rings. The van der Waals surface area contributed by atoms with Gasteiger partial charge >= 0.3 is 0 Å². The summed E-state index contributed by atoms with van der Waals surface area (Å²) in [6.45, 7) is 1.02. The van der Waals surface area contributed by atoms with Gasteiger partial charge in [-0.05, 0) is 19.4 Å². The Balaban J connectivity index is 0.000000291. The van der Waals surface area contributed by atoms with Crippen molar-refractivity contribution in [2.24, 2.45) is 0 Å². The first-order valence-electron chi connectivity index (χ1n) is 3.00. The van der Waals surface area contributed by atoms with Gasteiger partial charge in [0.15, 0.2) is 0 Å². The van der Waals surface area contributed by atoms with Gasteiger partial charge in [-0.3, -0.25) is 0 Å². The van der Waals surface area contributed by atoms with E-state index in [1.165, 1.54) is 6.38 Å². The number of hydrogen-bond donors (Lipinski definition) is 1. The van der Waals surface area contributed by atoms with E-state index in [0.717, 1.165) is 25.7 Å². The molecular weight excluding hydrogens is 138 g/mol. The lowest BCUT2D eigenvalue weighted by Crippen LogP contribution is -2.21. The van der Waals surface area contributed by atoms with E-state index in [0.29, 0.717) is 0 Å². The maximum atomic E-state index is 9.94. The molecule has 1 aliphatic heterocycles. The Labute approximate surface area is 60.6 Å². The lowest BCUT2D eigenvalue weighted by Gasteiger charge is -1.93. The highest BCUT2D eigenvalue weighted by Gasteiger charge is 2.10. The van der Waals surface area contributed by atoms with Gasteiger partial charge in [0, 0.05) is 6.38 Å². The van der Waals surface area contributed by atoms with Crippen LogP contribution in [-0.2, 0) is 4.79 Å². The number of nitrogens with one attached hydrogen (secondary N) is 1. The second-order valence-corrected chi connectivity index (χ2v) is 1.84. The van der Waals surface area contributed by atoms with Crippen LogP contribution < -0.4 is 5.32 Å². The first-order chi connectivity index (χ1) is 4.43. The summed E-state index contributed by atoms with van der Waals surface area (Å²) in [6.07, 6.45) is 4.64. The number of aldehydes is 1. The van der Waals surface area contributed by atoms with Crippen molar-refractivity contribution in [3.63, 3.8) is 0 Å². The fourth-order valence-corrected chi connectivity index (χ4v) is 0.828. The summed E-state index contributed by atoms with van der Waals surface area (Å²) in [5.41, 5.74) is 0. The summed E-state index contributed by atoms with van der Waals surface area (Å²) in [7, 11) is 0. The molecule has 1 rings (SSSR count). The quantitative estimate of drug-likeness (QED) is 0.441. The molecule has 1 fully saturated rings. The van der Waals surface area contributed by atoms with Crippen LogP contribution in [0.1, 0.15) is 12.8 Å². The van der Waals surface area contributed by atoms with E-state index in [1.807, 2.05) is 0 Å². The van der Waals surface area contributed by atoms with Gasteiger partial charge in [-0.25, -0.2) is 0 Å². The Morgan fingerprint density at radius 2 is 2.33 bits per heavy atom. The van der Waals surface area contributed by atoms with Gasteiger partial charge in [0.25, 0.3) is 0 Å². The maximum Gasteiger partial charge on any atom is 0.136 e. The van der Waals surface area contributed by atoms with Crippen LogP contribution in [0.4, 0.5) is 0 Å². The molecule has 2 nitrogen and oxygen atoms in total. The van der Waals surface area contributed by atoms with Crippen LogP contribution in [0.5, 0.6) is 0 Å². The highest BCUT2D eigenvalue weighted by Crippen LogP contribution is 2.00. The monoisotopic (exact) mass is 149 g/mol. The van der Waals surface area contributed by atoms with Crippen LogP contribution in [0.2, 0.25) is 0 Å². The van der Waals surface area contributed by atoms with Crippen molar-refractivity contribution >= 4 is 17.9 Å². The van der Waals surface area contributed by atoms with Crippen LogP contribution in [0.25, 0.3) is 0 Å². The van der Waals surface area contributed by atoms with Gasteiger partial charge in [-0.15, -0.1) is 11.6 Å². The molecule has 0 bridgehead atoms. The second kappa shape index (κ2) is 6.05. The molecule has 0 spiro atoms. The Kier molecular flexibility index (Phi) is 5.99. The lowest BCUT2D eigenvalue weighted by atomic mass is 10.2. The highest BCUT2D eigenvalue weighted by molar-refractivity contribution is 6.15. The van der Waals surface area contributed by atoms with Crippen molar-refractivity contribution in [2.75, 3.05) is 12.9 Å². The zero-order chi connectivity index (χ0) is 7.11. The minimum atomic E-state index is 0.167. The van der Waals surface area contributed by atoms with E-state index in [4.69, 9.17) is 0 Å². The molecule has 0 amide bonds. The minimum Gasteiger partial charge on any atom is -0.308 e. The topological polar surface area (TPSA) is 29.1 Å². The first kappa shape index (κ1) is 8.92. The van der Waals surface area contributed by atoms with Gasteiger partial charge in [-0.1, -0.05) is 0 Å². The average Bonchev–Trinajstić information content (AvgIpc) is 2.43. The molecule has 1 atom stereocenters. The summed E-state index contributed by atoms with van der Waals surface area (Å²) in [5.74, 6) is 0. The number of halogens is 1. The van der Waals surface area contributed by atoms with E-state index < -0.39 is 0 Å². The van der Waals surface area contributed by atoms with Gasteiger partial charge < -0.3 is 10.1 Å². The standard InChI is InChI=1S/C5H9NO.CH3Cl/c7-4-5-2-1-3-6-5;1-2/h4-6H,1-3H2;1H3. The van der Waals surface area contributed by atoms with Gasteiger partial charge in [0.2, 0.25) is 0 Å². The van der Waals surface area contributed by atoms with Gasteiger partial charge in [0.1, 0.15) is 6.29 Å². The van der Waals surface area contributed by atoms with Crippen molar-refractivity contribution in [3.05, 3.63) is 0 Å². The van der Waals surface area contributed by atoms with E-state index in [1.54, 1.807) is 0 Å². The fourth-order valence-electron chi connectivity index (χ4n) is 0.828. The summed E-state index contributed by atoms with van der Waals surface area (Å²) in [4.78, 5) is 9.94. The molecular formula is C6H12ClNO. The third-order valence-corrected chi connectivity index (χ3v) is 1.26. The SMILES string of the molecule is CCl.O=CC1CCCN1. The van der Waals surface area contributed by atoms with Crippen molar-refractivity contribution < 1.29 is 4.79 Å². The zero-order valence-electron chi connectivity index (χ0n) is 5.56. The average molecular weight is 150 g/mol. The van der Waals surface area contributed by atoms with Crippen molar-refractivity contribution in [3.8, 4) is 0 Å². The number of carbonyl (C=O) groups excluding carboxylic acids is 1. The molecule has 0 aromatic heterocycles. The summed E-state index contributed by atoms with van der Waals surface area (Å²) < 4.78 is 0. The summed E-state index contributed by atoms with van der Waals surface area (Å²) >= 11 is 4.64. The van der Waals surface area contributed by atoms with E-state index in [9.17, 15) is 4.79 Å². The molecule has 0 aromatic carbocycles. The number of rotatable bonds is 1. The van der Waals surface area contributed by atoms with Gasteiger partial charge in [0.05, 0.1) is 6.04 Å². The van der Waals surface area contributed by atoms with Crippen LogP contribution in [-0.4, -0.2) is 25.3 Å². The van der Waals surface area contributed by atoms with E-state index in [-0.39, 0.29) is 6.04 Å². The molecule has 0 saturated carbocycles. The molecule has 1 N–H and O–H groups in total. The Hall–Kier alpha value is -0.0800. The van der Waals surface area contributed by atoms with Gasteiger partial charge in [-0.2, -0.15) is 0 Å². The molecule has 1 heterocycles. The molecule has 1 saturated heterocycles. The van der Waals surface area contributed by atoms with E-state index >= 15 is 0 Å². The molecule has 3 heteroatoms. The normalized spacial score (nSPS) is 24.4. The predicted molar refractivity (Wildman–Crippen MR) is 38.9 cm³/mol. The summed E-state index contributed by atoms with van der Waals surface area (Å²) in [5, 5.41) is 3.04. The summed E-state index contributed by atoms with van der Waals surface area (Å²) in [6, 6.07) is 0.167. The molecule has 54 valence electrons. The maximum absolute atomic E-state index is 9.94. The molecule has 0 aliphatic carbocycles. The molecule has 9 heavy (non-hydrogen) atoms. The number of alkyl halides is 1. The molecule has 1 unspecified atom stereocenters. The third-order valence-electron chi connectivity index (χ3n) is 1.26. The van der Waals surface area contributed by atoms with Crippen molar-refractivity contribution in [1.29, 1.82) is 0 Å². The van der Waals surface area contributed by atoms with Crippen molar-refractivity contribution in [1.82, 2.24) is 5.32 Å². The smallest absolute Gasteiger partial charge is 0.136 e. The Morgan fingerprint density at radius 1 is 1.67 bits per heavy atom. The number of carbonyl (C=O) groups is 1. The first-order valence-corrected chi connectivity index (χ1v) is 3.75. The molecule has 0 radical (unpaired) electrons. The highest BCUT2D eigenvalue weighted by atomic mass is 35.5. The van der Waals surface area contributed by atoms with Crippen LogP contribution >= 0.6 is 11.6 Å². The third kappa shape index (κ3) is 3.49. The van der Waals surface area contributed by atoms with Crippen molar-refractivity contribution in [2.45, 2.75) is 18.9 Å². The second-order valence-electron chi connectivity index (χ2n) is 1.84. The van der Waals surface area contributed by atoms with Crippen LogP contribution in [0, 0.1) is 0 Å². The lowest BCUT2D eigenvalue weighted by molar-refractivity contribution is -0.109.